The Balaban J connectivity index is 2.52. The van der Waals surface area contributed by atoms with E-state index < -0.39 is 27.9 Å². The van der Waals surface area contributed by atoms with E-state index in [1.165, 1.54) is 4.90 Å². The molecular formula is C11H21N3O5S. The van der Waals surface area contributed by atoms with Crippen molar-refractivity contribution in [3.63, 3.8) is 0 Å². The lowest BCUT2D eigenvalue weighted by molar-refractivity contribution is -0.139. The van der Waals surface area contributed by atoms with E-state index in [-0.39, 0.29) is 12.2 Å². The molecule has 0 aromatic carbocycles. The third-order valence-corrected chi connectivity index (χ3v) is 4.14. The fourth-order valence-electron chi connectivity index (χ4n) is 1.84. The van der Waals surface area contributed by atoms with Crippen LogP contribution in [0.5, 0.6) is 0 Å². The first kappa shape index (κ1) is 16.7. The Morgan fingerprint density at radius 3 is 2.25 bits per heavy atom. The number of nitrogens with one attached hydrogen (secondary N) is 1. The summed E-state index contributed by atoms with van der Waals surface area (Å²) in [5.41, 5.74) is 0. The minimum Gasteiger partial charge on any atom is -0.480 e. The van der Waals surface area contributed by atoms with Gasteiger partial charge in [0.2, 0.25) is 0 Å². The Morgan fingerprint density at radius 2 is 1.80 bits per heavy atom. The van der Waals surface area contributed by atoms with Crippen LogP contribution >= 0.6 is 0 Å². The van der Waals surface area contributed by atoms with E-state index in [9.17, 15) is 18.0 Å². The first-order valence-electron chi connectivity index (χ1n) is 6.33. The van der Waals surface area contributed by atoms with Gasteiger partial charge in [-0.15, -0.1) is 0 Å². The summed E-state index contributed by atoms with van der Waals surface area (Å²) < 4.78 is 22.1. The highest BCUT2D eigenvalue weighted by Crippen LogP contribution is 2.02. The summed E-state index contributed by atoms with van der Waals surface area (Å²) in [5, 5.41) is 11.4. The molecule has 0 spiro atoms. The van der Waals surface area contributed by atoms with Crippen LogP contribution in [0.25, 0.3) is 0 Å². The number of likely N-dealkylation sites (N-methyl/N-ethyl adjacent to an activating group) is 1. The van der Waals surface area contributed by atoms with Crippen LogP contribution in [0.3, 0.4) is 0 Å². The number of hydrogen-bond donors (Lipinski definition) is 2. The Bertz CT molecular complexity index is 457. The van der Waals surface area contributed by atoms with Gasteiger partial charge in [-0.25, -0.2) is 18.0 Å². The van der Waals surface area contributed by atoms with Crippen LogP contribution in [0.4, 0.5) is 4.79 Å². The molecule has 9 heteroatoms. The SMILES string of the molecule is CN1CCN(C(=O)NC(CCS(C)(=O)=O)C(=O)O)CC1. The maximum atomic E-state index is 11.9. The monoisotopic (exact) mass is 307 g/mol. The lowest BCUT2D eigenvalue weighted by Crippen LogP contribution is -2.54. The van der Waals surface area contributed by atoms with Crippen molar-refractivity contribution in [1.29, 1.82) is 0 Å². The number of carbonyl (C=O) groups excluding carboxylic acids is 1. The Labute approximate surface area is 118 Å². The summed E-state index contributed by atoms with van der Waals surface area (Å²) in [5.74, 6) is -1.50. The molecule has 8 nitrogen and oxygen atoms in total. The number of amides is 2. The molecule has 0 aromatic heterocycles. The summed E-state index contributed by atoms with van der Waals surface area (Å²) in [6.45, 7) is 2.52. The Hall–Kier alpha value is -1.35. The third kappa shape index (κ3) is 5.74. The number of carboxylic acid groups (broad SMARTS) is 1. The van der Waals surface area contributed by atoms with Crippen LogP contribution in [0.15, 0.2) is 0 Å². The normalized spacial score (nSPS) is 18.6. The standard InChI is InChI=1S/C11H21N3O5S/c1-13-4-6-14(7-5-13)11(17)12-9(10(15)16)3-8-20(2,18)19/h9H,3-8H2,1-2H3,(H,12,17)(H,15,16). The van der Waals surface area contributed by atoms with Crippen LogP contribution in [0, 0.1) is 0 Å². The third-order valence-electron chi connectivity index (χ3n) is 3.16. The van der Waals surface area contributed by atoms with Crippen molar-refractivity contribution in [2.45, 2.75) is 12.5 Å². The molecule has 0 aromatic rings. The van der Waals surface area contributed by atoms with Crippen LogP contribution in [-0.2, 0) is 14.6 Å². The number of aliphatic carboxylic acids is 1. The van der Waals surface area contributed by atoms with Gasteiger partial charge in [-0.3, -0.25) is 0 Å². The topological polar surface area (TPSA) is 107 Å². The minimum atomic E-state index is -3.26. The zero-order chi connectivity index (χ0) is 15.3. The van der Waals surface area contributed by atoms with Crippen molar-refractivity contribution in [3.05, 3.63) is 0 Å². The summed E-state index contributed by atoms with van der Waals surface area (Å²) in [6.07, 6.45) is 0.905. The fraction of sp³-hybridized carbons (Fsp3) is 0.818. The van der Waals surface area contributed by atoms with Crippen LogP contribution in [-0.4, -0.2) is 86.6 Å². The van der Waals surface area contributed by atoms with E-state index in [1.54, 1.807) is 0 Å². The fourth-order valence-corrected chi connectivity index (χ4v) is 2.50. The Morgan fingerprint density at radius 1 is 1.25 bits per heavy atom. The molecule has 1 heterocycles. The van der Waals surface area contributed by atoms with E-state index in [1.807, 2.05) is 7.05 Å². The molecule has 1 aliphatic heterocycles. The van der Waals surface area contributed by atoms with Crippen molar-refractivity contribution in [2.24, 2.45) is 0 Å². The lowest BCUT2D eigenvalue weighted by atomic mass is 10.2. The number of carboxylic acids is 1. The number of urea groups is 1. The van der Waals surface area contributed by atoms with E-state index in [0.717, 1.165) is 19.3 Å². The molecule has 20 heavy (non-hydrogen) atoms. The number of carbonyl (C=O) groups is 2. The smallest absolute Gasteiger partial charge is 0.326 e. The van der Waals surface area contributed by atoms with Gasteiger partial charge in [-0.2, -0.15) is 0 Å². The molecule has 0 aliphatic carbocycles. The maximum Gasteiger partial charge on any atom is 0.326 e. The number of rotatable bonds is 5. The molecule has 0 bridgehead atoms. The molecule has 2 N–H and O–H groups in total. The molecule has 1 rings (SSSR count). The van der Waals surface area contributed by atoms with Gasteiger partial charge < -0.3 is 20.2 Å². The van der Waals surface area contributed by atoms with Gasteiger partial charge in [-0.1, -0.05) is 0 Å². The average Bonchev–Trinajstić information content (AvgIpc) is 2.33. The van der Waals surface area contributed by atoms with Gasteiger partial charge in [-0.05, 0) is 13.5 Å². The molecule has 1 unspecified atom stereocenters. The second-order valence-electron chi connectivity index (χ2n) is 5.05. The van der Waals surface area contributed by atoms with Crippen LogP contribution < -0.4 is 5.32 Å². The highest BCUT2D eigenvalue weighted by Gasteiger charge is 2.25. The van der Waals surface area contributed by atoms with Crippen molar-refractivity contribution in [1.82, 2.24) is 15.1 Å². The van der Waals surface area contributed by atoms with Crippen molar-refractivity contribution < 1.29 is 23.1 Å². The second-order valence-corrected chi connectivity index (χ2v) is 7.31. The van der Waals surface area contributed by atoms with Crippen LogP contribution in [0.1, 0.15) is 6.42 Å². The molecule has 1 aliphatic rings. The van der Waals surface area contributed by atoms with Gasteiger partial charge in [0.15, 0.2) is 0 Å². The van der Waals surface area contributed by atoms with Gasteiger partial charge in [0.1, 0.15) is 15.9 Å². The minimum absolute atomic E-state index is 0.131. The quantitative estimate of drug-likeness (QED) is 0.663. The molecule has 116 valence electrons. The van der Waals surface area contributed by atoms with Gasteiger partial charge >= 0.3 is 12.0 Å². The van der Waals surface area contributed by atoms with E-state index in [4.69, 9.17) is 5.11 Å². The van der Waals surface area contributed by atoms with E-state index in [2.05, 4.69) is 10.2 Å². The van der Waals surface area contributed by atoms with E-state index in [0.29, 0.717) is 13.1 Å². The number of sulfone groups is 1. The van der Waals surface area contributed by atoms with Crippen molar-refractivity contribution >= 4 is 21.8 Å². The lowest BCUT2D eigenvalue weighted by Gasteiger charge is -2.33. The van der Waals surface area contributed by atoms with E-state index >= 15 is 0 Å². The molecule has 0 radical (unpaired) electrons. The van der Waals surface area contributed by atoms with Gasteiger partial charge in [0.25, 0.3) is 0 Å². The summed E-state index contributed by atoms with van der Waals surface area (Å²) in [4.78, 5) is 26.6. The zero-order valence-electron chi connectivity index (χ0n) is 11.7. The average molecular weight is 307 g/mol. The largest absolute Gasteiger partial charge is 0.480 e. The molecule has 1 atom stereocenters. The maximum absolute atomic E-state index is 11.9. The first-order valence-corrected chi connectivity index (χ1v) is 8.39. The predicted molar refractivity (Wildman–Crippen MR) is 73.4 cm³/mol. The first-order chi connectivity index (χ1) is 9.19. The molecule has 1 fully saturated rings. The van der Waals surface area contributed by atoms with Gasteiger partial charge in [0.05, 0.1) is 5.75 Å². The van der Waals surface area contributed by atoms with Crippen LogP contribution in [0.2, 0.25) is 0 Å². The van der Waals surface area contributed by atoms with Gasteiger partial charge in [0, 0.05) is 32.4 Å². The number of hydrogen-bond acceptors (Lipinski definition) is 5. The molecule has 0 saturated carbocycles. The summed E-state index contributed by atoms with van der Waals surface area (Å²) in [7, 11) is -1.31. The summed E-state index contributed by atoms with van der Waals surface area (Å²) >= 11 is 0. The molecule has 1 saturated heterocycles. The van der Waals surface area contributed by atoms with Crippen molar-refractivity contribution in [2.75, 3.05) is 45.2 Å². The number of nitrogens with zero attached hydrogens (tertiary/aromatic N) is 2. The number of piperazine rings is 1. The molecule has 2 amide bonds. The zero-order valence-corrected chi connectivity index (χ0v) is 12.5. The molecular weight excluding hydrogens is 286 g/mol. The highest BCUT2D eigenvalue weighted by atomic mass is 32.2. The predicted octanol–water partition coefficient (Wildman–Crippen LogP) is -1.17. The Kier molecular flexibility index (Phi) is 5.75. The highest BCUT2D eigenvalue weighted by molar-refractivity contribution is 7.90. The van der Waals surface area contributed by atoms with Crippen molar-refractivity contribution in [3.8, 4) is 0 Å². The summed E-state index contributed by atoms with van der Waals surface area (Å²) in [6, 6.07) is -1.64. The second kappa shape index (κ2) is 6.89.